The predicted octanol–water partition coefficient (Wildman–Crippen LogP) is 2.11. The zero-order chi connectivity index (χ0) is 9.14. The molecule has 1 rings (SSSR count). The van der Waals surface area contributed by atoms with Crippen molar-refractivity contribution in [3.63, 3.8) is 0 Å². The van der Waals surface area contributed by atoms with Crippen LogP contribution in [0.3, 0.4) is 0 Å². The summed E-state index contributed by atoms with van der Waals surface area (Å²) < 4.78 is 0.941. The molecule has 0 radical (unpaired) electrons. The highest BCUT2D eigenvalue weighted by atomic mass is 79.9. The highest BCUT2D eigenvalue weighted by Crippen LogP contribution is 2.16. The second kappa shape index (κ2) is 3.67. The van der Waals surface area contributed by atoms with E-state index in [-0.39, 0.29) is 5.91 Å². The van der Waals surface area contributed by atoms with Crippen LogP contribution in [0.4, 0.5) is 5.82 Å². The fourth-order valence-electron chi connectivity index (χ4n) is 0.788. The Labute approximate surface area is 79.3 Å². The van der Waals surface area contributed by atoms with Crippen molar-refractivity contribution >= 4 is 27.7 Å². The lowest BCUT2D eigenvalue weighted by Crippen LogP contribution is -2.07. The summed E-state index contributed by atoms with van der Waals surface area (Å²) in [5.41, 5.74) is 1.05. The van der Waals surface area contributed by atoms with E-state index in [4.69, 9.17) is 0 Å². The molecule has 1 aromatic rings. The lowest BCUT2D eigenvalue weighted by molar-refractivity contribution is -0.114. The number of carbonyl (C=O) groups is 1. The number of nitrogens with one attached hydrogen (secondary N) is 1. The molecular weight excluding hydrogens is 220 g/mol. The normalized spacial score (nSPS) is 9.58. The van der Waals surface area contributed by atoms with Crippen LogP contribution in [0.5, 0.6) is 0 Å². The summed E-state index contributed by atoms with van der Waals surface area (Å²) in [6, 6.07) is 1.81. The van der Waals surface area contributed by atoms with Gasteiger partial charge in [0.2, 0.25) is 5.91 Å². The maximum atomic E-state index is 10.6. The van der Waals surface area contributed by atoms with Gasteiger partial charge in [-0.25, -0.2) is 4.98 Å². The summed E-state index contributed by atoms with van der Waals surface area (Å²) in [5, 5.41) is 2.60. The van der Waals surface area contributed by atoms with Crippen LogP contribution < -0.4 is 5.32 Å². The quantitative estimate of drug-likeness (QED) is 0.801. The molecule has 0 unspecified atom stereocenters. The fourth-order valence-corrected chi connectivity index (χ4v) is 1.00. The summed E-state index contributed by atoms with van der Waals surface area (Å²) in [7, 11) is 0. The lowest BCUT2D eigenvalue weighted by atomic mass is 10.3. The zero-order valence-corrected chi connectivity index (χ0v) is 8.47. The molecule has 12 heavy (non-hydrogen) atoms. The molecule has 0 aromatic carbocycles. The molecular formula is C8H9BrN2O. The smallest absolute Gasteiger partial charge is 0.222 e. The third-order valence-corrected chi connectivity index (χ3v) is 2.18. The Morgan fingerprint density at radius 3 is 2.83 bits per heavy atom. The van der Waals surface area contributed by atoms with E-state index in [2.05, 4.69) is 26.2 Å². The maximum Gasteiger partial charge on any atom is 0.222 e. The first-order valence-corrected chi connectivity index (χ1v) is 4.28. The first kappa shape index (κ1) is 9.19. The van der Waals surface area contributed by atoms with E-state index >= 15 is 0 Å². The second-order valence-corrected chi connectivity index (χ2v) is 3.35. The van der Waals surface area contributed by atoms with Gasteiger partial charge in [-0.1, -0.05) is 0 Å². The van der Waals surface area contributed by atoms with Crippen molar-refractivity contribution in [3.8, 4) is 0 Å². The van der Waals surface area contributed by atoms with E-state index in [0.29, 0.717) is 5.82 Å². The van der Waals surface area contributed by atoms with Crippen LogP contribution in [0, 0.1) is 6.92 Å². The van der Waals surface area contributed by atoms with Gasteiger partial charge in [0.05, 0.1) is 0 Å². The Hall–Kier alpha value is -0.900. The number of aryl methyl sites for hydroxylation is 1. The van der Waals surface area contributed by atoms with Crippen LogP contribution >= 0.6 is 15.9 Å². The number of anilines is 1. The van der Waals surface area contributed by atoms with E-state index < -0.39 is 0 Å². The average molecular weight is 229 g/mol. The number of rotatable bonds is 1. The number of nitrogens with zero attached hydrogens (tertiary/aromatic N) is 1. The number of halogens is 1. The molecule has 4 heteroatoms. The third kappa shape index (κ3) is 2.30. The fraction of sp³-hybridized carbons (Fsp3) is 0.250. The molecule has 0 saturated carbocycles. The highest BCUT2D eigenvalue weighted by Gasteiger charge is 1.99. The van der Waals surface area contributed by atoms with Gasteiger partial charge in [0.1, 0.15) is 5.82 Å². The van der Waals surface area contributed by atoms with Crippen molar-refractivity contribution < 1.29 is 4.79 Å². The SMILES string of the molecule is CC(=O)Nc1cc(C)c(Br)cn1. The highest BCUT2D eigenvalue weighted by molar-refractivity contribution is 9.10. The molecule has 0 spiro atoms. The van der Waals surface area contributed by atoms with Crippen LogP contribution in [0.15, 0.2) is 16.7 Å². The van der Waals surface area contributed by atoms with E-state index in [9.17, 15) is 4.79 Å². The van der Waals surface area contributed by atoms with Gasteiger partial charge in [0.25, 0.3) is 0 Å². The Morgan fingerprint density at radius 1 is 1.67 bits per heavy atom. The molecule has 1 aromatic heterocycles. The lowest BCUT2D eigenvalue weighted by Gasteiger charge is -2.02. The van der Waals surface area contributed by atoms with Crippen molar-refractivity contribution in [2.75, 3.05) is 5.32 Å². The minimum Gasteiger partial charge on any atom is -0.311 e. The third-order valence-electron chi connectivity index (χ3n) is 1.35. The van der Waals surface area contributed by atoms with Gasteiger partial charge in [-0.2, -0.15) is 0 Å². The van der Waals surface area contributed by atoms with Crippen molar-refractivity contribution in [2.24, 2.45) is 0 Å². The first-order valence-electron chi connectivity index (χ1n) is 3.49. The maximum absolute atomic E-state index is 10.6. The van der Waals surface area contributed by atoms with Gasteiger partial charge in [0.15, 0.2) is 0 Å². The summed E-state index contributed by atoms with van der Waals surface area (Å²) in [4.78, 5) is 14.6. The molecule has 3 nitrogen and oxygen atoms in total. The van der Waals surface area contributed by atoms with E-state index in [1.807, 2.05) is 13.0 Å². The van der Waals surface area contributed by atoms with Gasteiger partial charge in [-0.15, -0.1) is 0 Å². The van der Waals surface area contributed by atoms with Crippen molar-refractivity contribution in [3.05, 3.63) is 22.3 Å². The minimum atomic E-state index is -0.107. The number of carbonyl (C=O) groups excluding carboxylic acids is 1. The van der Waals surface area contributed by atoms with Crippen molar-refractivity contribution in [2.45, 2.75) is 13.8 Å². The Kier molecular flexibility index (Phi) is 2.81. The molecule has 0 aliphatic carbocycles. The summed E-state index contributed by atoms with van der Waals surface area (Å²) in [6.45, 7) is 3.40. The first-order chi connectivity index (χ1) is 5.59. The molecule has 1 heterocycles. The average Bonchev–Trinajstić information content (AvgIpc) is 1.96. The van der Waals surface area contributed by atoms with Gasteiger partial charge in [-0.3, -0.25) is 4.79 Å². The van der Waals surface area contributed by atoms with Crippen LogP contribution in [-0.2, 0) is 4.79 Å². The molecule has 0 bridgehead atoms. The number of hydrogen-bond acceptors (Lipinski definition) is 2. The summed E-state index contributed by atoms with van der Waals surface area (Å²) in [5.74, 6) is 0.479. The van der Waals surface area contributed by atoms with Crippen molar-refractivity contribution in [1.29, 1.82) is 0 Å². The van der Waals surface area contributed by atoms with Crippen molar-refractivity contribution in [1.82, 2.24) is 4.98 Å². The van der Waals surface area contributed by atoms with Gasteiger partial charge in [-0.05, 0) is 34.5 Å². The number of hydrogen-bond donors (Lipinski definition) is 1. The van der Waals surface area contributed by atoms with Gasteiger partial charge < -0.3 is 5.32 Å². The number of pyridine rings is 1. The van der Waals surface area contributed by atoms with E-state index in [1.165, 1.54) is 6.92 Å². The van der Waals surface area contributed by atoms with E-state index in [1.54, 1.807) is 6.20 Å². The van der Waals surface area contributed by atoms with Crippen LogP contribution in [0.1, 0.15) is 12.5 Å². The minimum absolute atomic E-state index is 0.107. The number of aromatic nitrogens is 1. The molecule has 0 fully saturated rings. The molecule has 1 amide bonds. The van der Waals surface area contributed by atoms with Crippen LogP contribution in [-0.4, -0.2) is 10.9 Å². The molecule has 0 atom stereocenters. The Balaban J connectivity index is 2.89. The molecule has 0 aliphatic rings. The topological polar surface area (TPSA) is 42.0 Å². The molecule has 0 saturated heterocycles. The molecule has 64 valence electrons. The van der Waals surface area contributed by atoms with Gasteiger partial charge >= 0.3 is 0 Å². The molecule has 1 N–H and O–H groups in total. The van der Waals surface area contributed by atoms with Gasteiger partial charge in [0, 0.05) is 17.6 Å². The standard InChI is InChI=1S/C8H9BrN2O/c1-5-3-8(11-6(2)12)10-4-7(5)9/h3-4H,1-2H3,(H,10,11,12). The van der Waals surface area contributed by atoms with Crippen LogP contribution in [0.2, 0.25) is 0 Å². The van der Waals surface area contributed by atoms with E-state index in [0.717, 1.165) is 10.0 Å². The largest absolute Gasteiger partial charge is 0.311 e. The predicted molar refractivity (Wildman–Crippen MR) is 51.0 cm³/mol. The summed E-state index contributed by atoms with van der Waals surface area (Å²) in [6.07, 6.45) is 1.67. The second-order valence-electron chi connectivity index (χ2n) is 2.50. The number of amides is 1. The zero-order valence-electron chi connectivity index (χ0n) is 6.89. The van der Waals surface area contributed by atoms with Crippen LogP contribution in [0.25, 0.3) is 0 Å². The molecule has 0 aliphatic heterocycles. The summed E-state index contributed by atoms with van der Waals surface area (Å²) >= 11 is 3.32. The monoisotopic (exact) mass is 228 g/mol. The Morgan fingerprint density at radius 2 is 2.33 bits per heavy atom. The Bertz CT molecular complexity index is 312.